The van der Waals surface area contributed by atoms with Crippen molar-refractivity contribution in [1.29, 1.82) is 0 Å². The highest BCUT2D eigenvalue weighted by Gasteiger charge is 2.41. The van der Waals surface area contributed by atoms with Gasteiger partial charge < -0.3 is 4.90 Å². The Morgan fingerprint density at radius 2 is 1.88 bits per heavy atom. The summed E-state index contributed by atoms with van der Waals surface area (Å²) in [6, 6.07) is 1.80. The highest BCUT2D eigenvalue weighted by atomic mass is 19.4. The molecule has 1 aromatic rings. The molecule has 3 nitrogen and oxygen atoms in total. The van der Waals surface area contributed by atoms with Gasteiger partial charge in [0.15, 0.2) is 0 Å². The first kappa shape index (κ1) is 12.1. The molecule has 0 N–H and O–H groups in total. The maximum Gasteiger partial charge on any atom is 0.391 e. The summed E-state index contributed by atoms with van der Waals surface area (Å²) in [4.78, 5) is 9.94. The van der Waals surface area contributed by atoms with E-state index < -0.39 is 12.1 Å². The van der Waals surface area contributed by atoms with Gasteiger partial charge >= 0.3 is 6.18 Å². The van der Waals surface area contributed by atoms with E-state index in [1.54, 1.807) is 6.07 Å². The molecule has 0 radical (unpaired) electrons. The standard InChI is InChI=1S/C11H14F3N3/c1-8-6-10(16-7-15-8)17-4-2-9(3-5-17)11(12,13)14/h6-7,9H,2-5H2,1H3. The van der Waals surface area contributed by atoms with Gasteiger partial charge in [0.1, 0.15) is 12.1 Å². The fourth-order valence-electron chi connectivity index (χ4n) is 2.05. The summed E-state index contributed by atoms with van der Waals surface area (Å²) in [5, 5.41) is 0. The summed E-state index contributed by atoms with van der Waals surface area (Å²) >= 11 is 0. The zero-order valence-electron chi connectivity index (χ0n) is 9.54. The fourth-order valence-corrected chi connectivity index (χ4v) is 2.05. The lowest BCUT2D eigenvalue weighted by Gasteiger charge is -2.33. The summed E-state index contributed by atoms with van der Waals surface area (Å²) in [7, 11) is 0. The van der Waals surface area contributed by atoms with Crippen molar-refractivity contribution < 1.29 is 13.2 Å². The van der Waals surface area contributed by atoms with Crippen LogP contribution in [0.25, 0.3) is 0 Å². The van der Waals surface area contributed by atoms with Crippen molar-refractivity contribution >= 4 is 5.82 Å². The number of aromatic nitrogens is 2. The molecule has 1 fully saturated rings. The number of anilines is 1. The van der Waals surface area contributed by atoms with Crippen LogP contribution in [0.2, 0.25) is 0 Å². The molecule has 0 spiro atoms. The van der Waals surface area contributed by atoms with E-state index in [0.29, 0.717) is 13.1 Å². The molecular formula is C11H14F3N3. The highest BCUT2D eigenvalue weighted by molar-refractivity contribution is 5.39. The van der Waals surface area contributed by atoms with Crippen molar-refractivity contribution in [3.8, 4) is 0 Å². The number of nitrogens with zero attached hydrogens (tertiary/aromatic N) is 3. The van der Waals surface area contributed by atoms with Gasteiger partial charge in [-0.3, -0.25) is 0 Å². The van der Waals surface area contributed by atoms with Crippen LogP contribution in [-0.4, -0.2) is 29.2 Å². The molecular weight excluding hydrogens is 231 g/mol. The molecule has 1 aromatic heterocycles. The molecule has 94 valence electrons. The fraction of sp³-hybridized carbons (Fsp3) is 0.636. The summed E-state index contributed by atoms with van der Waals surface area (Å²) < 4.78 is 37.5. The van der Waals surface area contributed by atoms with Gasteiger partial charge in [0, 0.05) is 24.8 Å². The second kappa shape index (κ2) is 4.50. The Kier molecular flexibility index (Phi) is 3.22. The van der Waals surface area contributed by atoms with E-state index in [0.717, 1.165) is 11.5 Å². The van der Waals surface area contributed by atoms with Gasteiger partial charge in [0.05, 0.1) is 5.92 Å². The molecule has 2 heterocycles. The molecule has 1 saturated heterocycles. The number of piperidine rings is 1. The van der Waals surface area contributed by atoms with E-state index in [2.05, 4.69) is 9.97 Å². The highest BCUT2D eigenvalue weighted by Crippen LogP contribution is 2.34. The Morgan fingerprint density at radius 3 is 2.41 bits per heavy atom. The van der Waals surface area contributed by atoms with Gasteiger partial charge in [-0.15, -0.1) is 0 Å². The van der Waals surface area contributed by atoms with Crippen LogP contribution in [0, 0.1) is 12.8 Å². The number of rotatable bonds is 1. The molecule has 1 aliphatic heterocycles. The zero-order chi connectivity index (χ0) is 12.5. The molecule has 2 rings (SSSR count). The van der Waals surface area contributed by atoms with Crippen LogP contribution >= 0.6 is 0 Å². The van der Waals surface area contributed by atoms with Crippen molar-refractivity contribution in [2.24, 2.45) is 5.92 Å². The second-order valence-electron chi connectivity index (χ2n) is 4.32. The predicted octanol–water partition coefficient (Wildman–Crippen LogP) is 2.56. The molecule has 0 saturated carbocycles. The van der Waals surface area contributed by atoms with E-state index in [9.17, 15) is 13.2 Å². The van der Waals surface area contributed by atoms with Crippen LogP contribution in [0.4, 0.5) is 19.0 Å². The molecule has 0 atom stereocenters. The maximum absolute atomic E-state index is 12.5. The van der Waals surface area contributed by atoms with Crippen molar-refractivity contribution in [2.45, 2.75) is 25.9 Å². The zero-order valence-corrected chi connectivity index (χ0v) is 9.54. The summed E-state index contributed by atoms with van der Waals surface area (Å²) in [5.74, 6) is -0.445. The number of alkyl halides is 3. The van der Waals surface area contributed by atoms with Crippen LogP contribution in [0.5, 0.6) is 0 Å². The Balaban J connectivity index is 2.00. The maximum atomic E-state index is 12.5. The summed E-state index contributed by atoms with van der Waals surface area (Å²) in [6.07, 6.45) is -2.33. The van der Waals surface area contributed by atoms with Gasteiger partial charge in [0.2, 0.25) is 0 Å². The van der Waals surface area contributed by atoms with Gasteiger partial charge in [-0.25, -0.2) is 9.97 Å². The van der Waals surface area contributed by atoms with E-state index in [1.165, 1.54) is 6.33 Å². The van der Waals surface area contributed by atoms with E-state index in [4.69, 9.17) is 0 Å². The lowest BCUT2D eigenvalue weighted by molar-refractivity contribution is -0.179. The Labute approximate surface area is 97.7 Å². The third kappa shape index (κ3) is 2.87. The minimum absolute atomic E-state index is 0.145. The Bertz CT molecular complexity index is 384. The minimum Gasteiger partial charge on any atom is -0.356 e. The summed E-state index contributed by atoms with van der Waals surface area (Å²) in [5.41, 5.74) is 0.827. The average molecular weight is 245 g/mol. The van der Waals surface area contributed by atoms with Crippen molar-refractivity contribution in [3.63, 3.8) is 0 Å². The third-order valence-corrected chi connectivity index (χ3v) is 3.07. The average Bonchev–Trinajstić information content (AvgIpc) is 2.28. The molecule has 6 heteroatoms. The molecule has 1 aliphatic rings. The van der Waals surface area contributed by atoms with E-state index in [1.807, 2.05) is 11.8 Å². The third-order valence-electron chi connectivity index (χ3n) is 3.07. The first-order chi connectivity index (χ1) is 7.97. The van der Waals surface area contributed by atoms with Crippen LogP contribution in [0.1, 0.15) is 18.5 Å². The van der Waals surface area contributed by atoms with Gasteiger partial charge in [0.25, 0.3) is 0 Å². The summed E-state index contributed by atoms with van der Waals surface area (Å²) in [6.45, 7) is 2.65. The lowest BCUT2D eigenvalue weighted by Crippen LogP contribution is -2.39. The van der Waals surface area contributed by atoms with Crippen LogP contribution < -0.4 is 4.90 Å². The van der Waals surface area contributed by atoms with E-state index in [-0.39, 0.29) is 12.8 Å². The minimum atomic E-state index is -4.06. The number of hydrogen-bond acceptors (Lipinski definition) is 3. The van der Waals surface area contributed by atoms with Crippen LogP contribution in [0.15, 0.2) is 12.4 Å². The quantitative estimate of drug-likeness (QED) is 0.761. The molecule has 0 unspecified atom stereocenters. The number of aryl methyl sites for hydroxylation is 1. The van der Waals surface area contributed by atoms with Crippen LogP contribution in [0.3, 0.4) is 0 Å². The van der Waals surface area contributed by atoms with Gasteiger partial charge in [-0.1, -0.05) is 0 Å². The van der Waals surface area contributed by atoms with Crippen molar-refractivity contribution in [2.75, 3.05) is 18.0 Å². The van der Waals surface area contributed by atoms with Gasteiger partial charge in [-0.05, 0) is 19.8 Å². The first-order valence-electron chi connectivity index (χ1n) is 5.57. The predicted molar refractivity (Wildman–Crippen MR) is 57.8 cm³/mol. The largest absolute Gasteiger partial charge is 0.391 e. The molecule has 0 aliphatic carbocycles. The molecule has 0 aromatic carbocycles. The monoisotopic (exact) mass is 245 g/mol. The molecule has 0 bridgehead atoms. The number of hydrogen-bond donors (Lipinski definition) is 0. The Hall–Kier alpha value is -1.33. The molecule has 0 amide bonds. The van der Waals surface area contributed by atoms with Gasteiger partial charge in [-0.2, -0.15) is 13.2 Å². The first-order valence-corrected chi connectivity index (χ1v) is 5.57. The smallest absolute Gasteiger partial charge is 0.356 e. The van der Waals surface area contributed by atoms with E-state index >= 15 is 0 Å². The SMILES string of the molecule is Cc1cc(N2CCC(C(F)(F)F)CC2)ncn1. The normalized spacial score (nSPS) is 18.5. The lowest BCUT2D eigenvalue weighted by atomic mass is 9.96. The second-order valence-corrected chi connectivity index (χ2v) is 4.32. The topological polar surface area (TPSA) is 29.0 Å². The van der Waals surface area contributed by atoms with Crippen molar-refractivity contribution in [3.05, 3.63) is 18.1 Å². The van der Waals surface area contributed by atoms with Crippen LogP contribution in [-0.2, 0) is 0 Å². The number of halogens is 3. The Morgan fingerprint density at radius 1 is 1.24 bits per heavy atom. The molecule has 17 heavy (non-hydrogen) atoms. The van der Waals surface area contributed by atoms with Crippen molar-refractivity contribution in [1.82, 2.24) is 9.97 Å².